The SMILES string of the molecule is NC(=O)[C@H]1[C@H]2C[C@@H]([C@H]1Nc1nc(Cl)ncc1F)[C@H](NS(=O)Cc1cccc([N+](=O)[O-])c1)C2. The van der Waals surface area contributed by atoms with Crippen LogP contribution < -0.4 is 15.8 Å². The molecule has 1 heterocycles. The lowest BCUT2D eigenvalue weighted by Gasteiger charge is -2.35. The third-order valence-corrected chi connectivity index (χ3v) is 7.40. The summed E-state index contributed by atoms with van der Waals surface area (Å²) >= 11 is 5.77. The molecule has 10 nitrogen and oxygen atoms in total. The Morgan fingerprint density at radius 1 is 1.41 bits per heavy atom. The van der Waals surface area contributed by atoms with Gasteiger partial charge in [-0.05, 0) is 41.8 Å². The second-order valence-corrected chi connectivity index (χ2v) is 9.52. The average molecular weight is 483 g/mol. The molecule has 32 heavy (non-hydrogen) atoms. The molecule has 1 aromatic heterocycles. The maximum absolute atomic E-state index is 14.2. The largest absolute Gasteiger partial charge is 0.369 e. The molecular formula is C19H20ClFN6O4S. The quantitative estimate of drug-likeness (QED) is 0.295. The Hall–Kier alpha value is -2.70. The number of hydrogen-bond acceptors (Lipinski definition) is 7. The zero-order valence-corrected chi connectivity index (χ0v) is 18.2. The number of aromatic nitrogens is 2. The molecule has 2 fully saturated rings. The Labute approximate surface area is 189 Å². The molecule has 1 unspecified atom stereocenters. The van der Waals surface area contributed by atoms with Crippen molar-refractivity contribution < 1.29 is 18.3 Å². The van der Waals surface area contributed by atoms with Gasteiger partial charge in [-0.15, -0.1) is 0 Å². The van der Waals surface area contributed by atoms with Crippen molar-refractivity contribution in [3.8, 4) is 0 Å². The molecule has 6 atom stereocenters. The van der Waals surface area contributed by atoms with Crippen LogP contribution >= 0.6 is 11.6 Å². The van der Waals surface area contributed by atoms with E-state index in [1.165, 1.54) is 12.1 Å². The van der Waals surface area contributed by atoms with Gasteiger partial charge < -0.3 is 11.1 Å². The molecule has 4 rings (SSSR count). The summed E-state index contributed by atoms with van der Waals surface area (Å²) in [6.45, 7) is 0. The van der Waals surface area contributed by atoms with Crippen molar-refractivity contribution >= 4 is 40.0 Å². The second-order valence-electron chi connectivity index (χ2n) is 7.97. The first-order valence-electron chi connectivity index (χ1n) is 9.84. The zero-order valence-electron chi connectivity index (χ0n) is 16.6. The first-order chi connectivity index (χ1) is 15.2. The van der Waals surface area contributed by atoms with Crippen LogP contribution in [0.2, 0.25) is 5.28 Å². The number of halogens is 2. The lowest BCUT2D eigenvalue weighted by atomic mass is 9.81. The van der Waals surface area contributed by atoms with Gasteiger partial charge in [0, 0.05) is 24.2 Å². The van der Waals surface area contributed by atoms with Crippen molar-refractivity contribution in [3.63, 3.8) is 0 Å². The smallest absolute Gasteiger partial charge is 0.269 e. The normalized spacial score (nSPS) is 27.2. The van der Waals surface area contributed by atoms with Crippen LogP contribution in [0.4, 0.5) is 15.9 Å². The van der Waals surface area contributed by atoms with E-state index in [0.29, 0.717) is 18.4 Å². The number of benzene rings is 1. The molecule has 0 saturated heterocycles. The number of nitrogens with zero attached hydrogens (tertiary/aromatic N) is 3. The van der Waals surface area contributed by atoms with Crippen LogP contribution in [0.1, 0.15) is 18.4 Å². The van der Waals surface area contributed by atoms with Gasteiger partial charge in [-0.3, -0.25) is 14.9 Å². The standard InChI is InChI=1S/C19H20ClFN6O4S/c20-19-23-7-13(21)18(25-19)24-16-12-5-10(15(16)17(22)28)6-14(12)26-32(31)8-9-2-1-3-11(4-9)27(29)30/h1-4,7,10,12,14-16,26H,5-6,8H2,(H2,22,28)(H,23,24,25)/t10-,12+,14+,15-,16+,32?/m0/s1. The summed E-state index contributed by atoms with van der Waals surface area (Å²) in [6, 6.07) is 5.24. The number of primary amides is 1. The van der Waals surface area contributed by atoms with Gasteiger partial charge in [0.05, 0.1) is 33.8 Å². The minimum Gasteiger partial charge on any atom is -0.369 e. The molecule has 2 aliphatic rings. The van der Waals surface area contributed by atoms with Crippen LogP contribution in [0.5, 0.6) is 0 Å². The van der Waals surface area contributed by atoms with Crippen molar-refractivity contribution in [2.45, 2.75) is 30.7 Å². The van der Waals surface area contributed by atoms with Crippen LogP contribution in [0.15, 0.2) is 30.5 Å². The van der Waals surface area contributed by atoms with Gasteiger partial charge in [0.25, 0.3) is 5.69 Å². The number of nitro groups is 1. The second kappa shape index (κ2) is 9.04. The zero-order chi connectivity index (χ0) is 23.0. The Morgan fingerprint density at radius 3 is 2.91 bits per heavy atom. The maximum atomic E-state index is 14.2. The molecule has 0 radical (unpaired) electrons. The van der Waals surface area contributed by atoms with Crippen molar-refractivity contribution in [2.24, 2.45) is 23.5 Å². The highest BCUT2D eigenvalue weighted by Crippen LogP contribution is 2.49. The van der Waals surface area contributed by atoms with E-state index in [4.69, 9.17) is 17.3 Å². The van der Waals surface area contributed by atoms with Gasteiger partial charge in [-0.25, -0.2) is 18.3 Å². The highest BCUT2D eigenvalue weighted by molar-refractivity contribution is 7.82. The van der Waals surface area contributed by atoms with Gasteiger partial charge in [0.1, 0.15) is 0 Å². The minimum atomic E-state index is -1.51. The summed E-state index contributed by atoms with van der Waals surface area (Å²) in [5.41, 5.74) is 6.11. The van der Waals surface area contributed by atoms with E-state index in [2.05, 4.69) is 20.0 Å². The lowest BCUT2D eigenvalue weighted by molar-refractivity contribution is -0.384. The number of nitrogens with one attached hydrogen (secondary N) is 2. The molecule has 13 heteroatoms. The van der Waals surface area contributed by atoms with Crippen LogP contribution in [0.3, 0.4) is 0 Å². The van der Waals surface area contributed by atoms with Gasteiger partial charge in [0.2, 0.25) is 11.2 Å². The molecule has 2 bridgehead atoms. The molecule has 0 spiro atoms. The number of carbonyl (C=O) groups excluding carboxylic acids is 1. The number of nitro benzene ring substituents is 1. The molecule has 170 valence electrons. The molecule has 2 aromatic rings. The monoisotopic (exact) mass is 482 g/mol. The van der Waals surface area contributed by atoms with Gasteiger partial charge in [-0.1, -0.05) is 12.1 Å². The van der Waals surface area contributed by atoms with Gasteiger partial charge in [0.15, 0.2) is 11.6 Å². The fraction of sp³-hybridized carbons (Fsp3) is 0.421. The van der Waals surface area contributed by atoms with E-state index in [0.717, 1.165) is 6.20 Å². The van der Waals surface area contributed by atoms with Crippen LogP contribution in [-0.4, -0.2) is 37.1 Å². The number of non-ortho nitro benzene ring substituents is 1. The number of amides is 1. The van der Waals surface area contributed by atoms with Crippen LogP contribution in [0, 0.1) is 33.7 Å². The third-order valence-electron chi connectivity index (χ3n) is 6.05. The number of nitrogens with two attached hydrogens (primary N) is 1. The highest BCUT2D eigenvalue weighted by atomic mass is 35.5. The van der Waals surface area contributed by atoms with E-state index in [9.17, 15) is 23.5 Å². The Bertz CT molecular complexity index is 1090. The molecule has 1 aromatic carbocycles. The lowest BCUT2D eigenvalue weighted by Crippen LogP contribution is -2.51. The molecule has 2 saturated carbocycles. The van der Waals surface area contributed by atoms with Crippen molar-refractivity contribution in [1.82, 2.24) is 14.7 Å². The van der Waals surface area contributed by atoms with E-state index in [-0.39, 0.29) is 40.4 Å². The number of carbonyl (C=O) groups is 1. The molecule has 1 amide bonds. The van der Waals surface area contributed by atoms with Crippen molar-refractivity contribution in [2.75, 3.05) is 5.32 Å². The van der Waals surface area contributed by atoms with E-state index >= 15 is 0 Å². The minimum absolute atomic E-state index is 0.0531. The Kier molecular flexibility index (Phi) is 6.35. The summed E-state index contributed by atoms with van der Waals surface area (Å²) in [6.07, 6.45) is 2.18. The first kappa shape index (κ1) is 22.5. The Balaban J connectivity index is 1.47. The number of anilines is 1. The van der Waals surface area contributed by atoms with Crippen LogP contribution in [-0.2, 0) is 21.5 Å². The summed E-state index contributed by atoms with van der Waals surface area (Å²) in [4.78, 5) is 30.0. The fourth-order valence-electron chi connectivity index (χ4n) is 4.83. The van der Waals surface area contributed by atoms with E-state index in [1.54, 1.807) is 12.1 Å². The predicted molar refractivity (Wildman–Crippen MR) is 115 cm³/mol. The molecular weight excluding hydrogens is 463 g/mol. The van der Waals surface area contributed by atoms with Gasteiger partial charge >= 0.3 is 0 Å². The molecule has 4 N–H and O–H groups in total. The summed E-state index contributed by atoms with van der Waals surface area (Å²) in [5.74, 6) is -1.97. The summed E-state index contributed by atoms with van der Waals surface area (Å²) in [7, 11) is -1.51. The van der Waals surface area contributed by atoms with Gasteiger partial charge in [-0.2, -0.15) is 4.98 Å². The molecule has 0 aliphatic heterocycles. The number of rotatable bonds is 8. The first-order valence-corrected chi connectivity index (χ1v) is 11.5. The predicted octanol–water partition coefficient (Wildman–Crippen LogP) is 1.92. The maximum Gasteiger partial charge on any atom is 0.269 e. The third kappa shape index (κ3) is 4.57. The summed E-state index contributed by atoms with van der Waals surface area (Å²) in [5, 5.41) is 13.8. The molecule has 2 aliphatic carbocycles. The van der Waals surface area contributed by atoms with Crippen LogP contribution in [0.25, 0.3) is 0 Å². The summed E-state index contributed by atoms with van der Waals surface area (Å²) < 4.78 is 29.9. The number of hydrogen-bond donors (Lipinski definition) is 3. The Morgan fingerprint density at radius 2 is 2.19 bits per heavy atom. The highest BCUT2D eigenvalue weighted by Gasteiger charge is 2.55. The van der Waals surface area contributed by atoms with Crippen molar-refractivity contribution in [3.05, 3.63) is 57.2 Å². The number of fused-ring (bicyclic) bond motifs is 2. The van der Waals surface area contributed by atoms with E-state index in [1.807, 2.05) is 0 Å². The fourth-order valence-corrected chi connectivity index (χ4v) is 6.14. The average Bonchev–Trinajstić information content (AvgIpc) is 3.28. The topological polar surface area (TPSA) is 153 Å². The van der Waals surface area contributed by atoms with E-state index < -0.39 is 39.6 Å². The van der Waals surface area contributed by atoms with Crippen molar-refractivity contribution in [1.29, 1.82) is 0 Å².